The maximum absolute atomic E-state index is 10.8. The highest BCUT2D eigenvalue weighted by Gasteiger charge is 2.26. The van der Waals surface area contributed by atoms with Crippen LogP contribution in [0.4, 0.5) is 5.82 Å². The average Bonchev–Trinajstić information content (AvgIpc) is 3.21. The number of carboxylic acids is 1. The number of aliphatic carboxylic acids is 1. The largest absolute Gasteiger partial charge is 0.481 e. The van der Waals surface area contributed by atoms with Crippen molar-refractivity contribution in [3.05, 3.63) is 58.9 Å². The number of hydrogen-bond donors (Lipinski definition) is 4. The first kappa shape index (κ1) is 23.6. The van der Waals surface area contributed by atoms with E-state index in [0.717, 1.165) is 33.0 Å². The van der Waals surface area contributed by atoms with E-state index in [0.29, 0.717) is 12.3 Å². The molecule has 0 aliphatic heterocycles. The number of primary amides is 1. The number of benzene rings is 1. The highest BCUT2D eigenvalue weighted by molar-refractivity contribution is 6.31. The Labute approximate surface area is 192 Å². The summed E-state index contributed by atoms with van der Waals surface area (Å²) in [6.07, 6.45) is 8.87. The van der Waals surface area contributed by atoms with Crippen LogP contribution in [0.3, 0.4) is 0 Å². The first-order valence-electron chi connectivity index (χ1n) is 10.9. The van der Waals surface area contributed by atoms with E-state index in [-0.39, 0.29) is 18.9 Å². The lowest BCUT2D eigenvalue weighted by molar-refractivity contribution is -0.137. The Hall–Kier alpha value is -3.06. The number of nitrogens with two attached hydrogens (primary N) is 1. The van der Waals surface area contributed by atoms with Crippen molar-refractivity contribution in [2.24, 2.45) is 11.7 Å². The number of rotatable bonds is 7. The number of carbonyl (C=O) groups is 2. The number of nitrogens with one attached hydrogen (secondary N) is 2. The van der Waals surface area contributed by atoms with Crippen LogP contribution in [0.2, 0.25) is 5.02 Å². The van der Waals surface area contributed by atoms with Crippen molar-refractivity contribution < 1.29 is 14.7 Å². The van der Waals surface area contributed by atoms with Crippen molar-refractivity contribution in [3.8, 4) is 0 Å². The Morgan fingerprint density at radius 2 is 2.00 bits per heavy atom. The van der Waals surface area contributed by atoms with Gasteiger partial charge in [-0.2, -0.15) is 0 Å². The number of aromatic nitrogens is 2. The summed E-state index contributed by atoms with van der Waals surface area (Å²) in [7, 11) is 0. The summed E-state index contributed by atoms with van der Waals surface area (Å²) in [6.45, 7) is 0. The van der Waals surface area contributed by atoms with Gasteiger partial charge in [0.2, 0.25) is 6.41 Å². The quantitative estimate of drug-likeness (QED) is 0.370. The number of nitrogens with zero attached hydrogens (tertiary/aromatic N) is 1. The standard InChI is InChI=1S/C23H26ClN3O2.CH3NO/c24-18-8-9-19-17(12-18)13-20(26-19)23(16-4-2-1-3-5-16)27-21-10-6-15(14-25-21)7-11-22(28)29;2-1-3/h6,8-10,12-14,16,23,26H,1-5,7,11H2,(H,25,27)(H,28,29);1H,(H2,2,3). The molecular weight excluding hydrogens is 428 g/mol. The molecule has 1 fully saturated rings. The molecular formula is C24H29ClN4O3. The number of aromatic amines is 1. The molecule has 4 rings (SSSR count). The molecule has 2 heterocycles. The van der Waals surface area contributed by atoms with Gasteiger partial charge in [0, 0.05) is 34.2 Å². The van der Waals surface area contributed by atoms with Gasteiger partial charge in [0.25, 0.3) is 0 Å². The number of halogens is 1. The van der Waals surface area contributed by atoms with E-state index in [4.69, 9.17) is 21.5 Å². The molecule has 3 aromatic rings. The van der Waals surface area contributed by atoms with E-state index in [1.54, 1.807) is 6.20 Å². The molecule has 1 aromatic carbocycles. The number of hydrogen-bond acceptors (Lipinski definition) is 4. The molecule has 32 heavy (non-hydrogen) atoms. The van der Waals surface area contributed by atoms with Crippen LogP contribution in [-0.2, 0) is 16.0 Å². The second kappa shape index (κ2) is 11.5. The monoisotopic (exact) mass is 456 g/mol. The molecule has 8 heteroatoms. The molecule has 0 bridgehead atoms. The molecule has 0 saturated heterocycles. The number of pyridine rings is 1. The van der Waals surface area contributed by atoms with E-state index >= 15 is 0 Å². The van der Waals surface area contributed by atoms with E-state index in [1.165, 1.54) is 32.1 Å². The highest BCUT2D eigenvalue weighted by atomic mass is 35.5. The first-order chi connectivity index (χ1) is 15.5. The Morgan fingerprint density at radius 3 is 2.66 bits per heavy atom. The Kier molecular flexibility index (Phi) is 8.50. The number of H-pyrrole nitrogens is 1. The van der Waals surface area contributed by atoms with Crippen LogP contribution in [0, 0.1) is 5.92 Å². The number of carboxylic acid groups (broad SMARTS) is 1. The maximum atomic E-state index is 10.8. The van der Waals surface area contributed by atoms with Gasteiger partial charge in [-0.15, -0.1) is 0 Å². The van der Waals surface area contributed by atoms with Crippen LogP contribution in [0.15, 0.2) is 42.6 Å². The van der Waals surface area contributed by atoms with Crippen molar-refractivity contribution in [3.63, 3.8) is 0 Å². The molecule has 7 nitrogen and oxygen atoms in total. The van der Waals surface area contributed by atoms with Crippen molar-refractivity contribution in [2.45, 2.75) is 51.0 Å². The van der Waals surface area contributed by atoms with Crippen molar-refractivity contribution in [1.82, 2.24) is 9.97 Å². The summed E-state index contributed by atoms with van der Waals surface area (Å²) >= 11 is 6.17. The van der Waals surface area contributed by atoms with Crippen LogP contribution in [0.25, 0.3) is 10.9 Å². The highest BCUT2D eigenvalue weighted by Crippen LogP contribution is 2.37. The van der Waals surface area contributed by atoms with E-state index in [2.05, 4.69) is 27.1 Å². The van der Waals surface area contributed by atoms with Gasteiger partial charge in [-0.1, -0.05) is 36.9 Å². The van der Waals surface area contributed by atoms with Gasteiger partial charge in [-0.05, 0) is 61.1 Å². The predicted molar refractivity (Wildman–Crippen MR) is 127 cm³/mol. The molecule has 0 radical (unpaired) electrons. The zero-order valence-electron chi connectivity index (χ0n) is 17.9. The van der Waals surface area contributed by atoms with E-state index in [1.807, 2.05) is 30.3 Å². The second-order valence-corrected chi connectivity index (χ2v) is 8.49. The summed E-state index contributed by atoms with van der Waals surface area (Å²) in [5, 5.41) is 14.3. The SMILES string of the molecule is NC=O.O=C(O)CCc1ccc(NC(c2cc3cc(Cl)ccc3[nH]2)C2CCCCC2)nc1. The van der Waals surface area contributed by atoms with Crippen LogP contribution in [-0.4, -0.2) is 27.5 Å². The van der Waals surface area contributed by atoms with Crippen molar-refractivity contribution in [2.75, 3.05) is 5.32 Å². The fourth-order valence-electron chi connectivity index (χ4n) is 4.28. The van der Waals surface area contributed by atoms with Crippen molar-refractivity contribution in [1.29, 1.82) is 0 Å². The average molecular weight is 457 g/mol. The molecule has 1 unspecified atom stereocenters. The maximum Gasteiger partial charge on any atom is 0.303 e. The van der Waals surface area contributed by atoms with Gasteiger partial charge in [0.15, 0.2) is 0 Å². The summed E-state index contributed by atoms with van der Waals surface area (Å²) < 4.78 is 0. The molecule has 2 aromatic heterocycles. The van der Waals surface area contributed by atoms with Crippen LogP contribution < -0.4 is 11.1 Å². The van der Waals surface area contributed by atoms with Gasteiger partial charge in [0.05, 0.1) is 6.04 Å². The lowest BCUT2D eigenvalue weighted by Crippen LogP contribution is -2.24. The zero-order chi connectivity index (χ0) is 22.9. The Balaban J connectivity index is 0.000000913. The van der Waals surface area contributed by atoms with E-state index < -0.39 is 5.97 Å². The lowest BCUT2D eigenvalue weighted by Gasteiger charge is -2.31. The number of aryl methyl sites for hydroxylation is 1. The predicted octanol–water partition coefficient (Wildman–Crippen LogP) is 5.07. The Morgan fingerprint density at radius 1 is 1.25 bits per heavy atom. The first-order valence-corrected chi connectivity index (χ1v) is 11.2. The van der Waals surface area contributed by atoms with Crippen molar-refractivity contribution >= 4 is 40.7 Å². The summed E-state index contributed by atoms with van der Waals surface area (Å²) in [4.78, 5) is 27.5. The summed E-state index contributed by atoms with van der Waals surface area (Å²) in [5.41, 5.74) is 7.35. The fraction of sp³-hybridized carbons (Fsp3) is 0.375. The number of anilines is 1. The number of fused-ring (bicyclic) bond motifs is 1. The number of carbonyl (C=O) groups excluding carboxylic acids is 1. The molecule has 1 amide bonds. The van der Waals surface area contributed by atoms with Gasteiger partial charge in [0.1, 0.15) is 5.82 Å². The number of amides is 1. The van der Waals surface area contributed by atoms with Gasteiger partial charge in [-0.25, -0.2) is 4.98 Å². The molecule has 0 spiro atoms. The van der Waals surface area contributed by atoms with Gasteiger partial charge >= 0.3 is 5.97 Å². The minimum atomic E-state index is -0.788. The Bertz CT molecular complexity index is 1030. The fourth-order valence-corrected chi connectivity index (χ4v) is 4.46. The molecule has 1 aliphatic carbocycles. The molecule has 1 atom stereocenters. The molecule has 5 N–H and O–H groups in total. The minimum absolute atomic E-state index is 0.122. The third-order valence-electron chi connectivity index (χ3n) is 5.82. The molecule has 1 aliphatic rings. The third-order valence-corrected chi connectivity index (χ3v) is 6.05. The van der Waals surface area contributed by atoms with E-state index in [9.17, 15) is 4.79 Å². The molecule has 170 valence electrons. The van der Waals surface area contributed by atoms with Gasteiger partial charge < -0.3 is 21.1 Å². The molecule has 1 saturated carbocycles. The van der Waals surface area contributed by atoms with Gasteiger partial charge in [-0.3, -0.25) is 9.59 Å². The lowest BCUT2D eigenvalue weighted by atomic mass is 9.82. The summed E-state index contributed by atoms with van der Waals surface area (Å²) in [6, 6.07) is 12.2. The van der Waals surface area contributed by atoms with Crippen LogP contribution in [0.5, 0.6) is 0 Å². The minimum Gasteiger partial charge on any atom is -0.481 e. The topological polar surface area (TPSA) is 121 Å². The summed E-state index contributed by atoms with van der Waals surface area (Å²) in [5.74, 6) is 0.570. The smallest absolute Gasteiger partial charge is 0.303 e. The van der Waals surface area contributed by atoms with Crippen LogP contribution >= 0.6 is 11.6 Å². The zero-order valence-corrected chi connectivity index (χ0v) is 18.6. The second-order valence-electron chi connectivity index (χ2n) is 8.06. The van der Waals surface area contributed by atoms with Crippen LogP contribution in [0.1, 0.15) is 55.8 Å². The third kappa shape index (κ3) is 6.47. The normalized spacial score (nSPS) is 14.9.